The Balaban J connectivity index is 2.87. The van der Waals surface area contributed by atoms with Crippen LogP contribution in [0.5, 0.6) is 5.75 Å². The highest BCUT2D eigenvalue weighted by atomic mass is 32.2. The molecule has 0 atom stereocenters. The molecule has 1 rings (SSSR count). The highest BCUT2D eigenvalue weighted by Crippen LogP contribution is 2.28. The molecule has 0 radical (unpaired) electrons. The molecule has 0 aromatic heterocycles. The molecule has 0 heterocycles. The second-order valence-corrected chi connectivity index (χ2v) is 5.52. The number of aromatic hydroxyl groups is 1. The third kappa shape index (κ3) is 5.06. The number of phenolic OH excluding ortho intramolecular Hbond substituents is 1. The van der Waals surface area contributed by atoms with Crippen LogP contribution in [0.25, 0.3) is 4.91 Å². The van der Waals surface area contributed by atoms with Crippen molar-refractivity contribution in [3.05, 3.63) is 35.9 Å². The third-order valence-electron chi connectivity index (χ3n) is 1.82. The predicted molar refractivity (Wildman–Crippen MR) is 72.6 cm³/mol. The predicted octanol–water partition coefficient (Wildman–Crippen LogP) is 2.97. The Labute approximate surface area is 106 Å². The Hall–Kier alpha value is -1.26. The van der Waals surface area contributed by atoms with Gasteiger partial charge in [-0.2, -0.15) is 0 Å². The highest BCUT2D eigenvalue weighted by molar-refractivity contribution is 8.06. The second kappa shape index (κ2) is 5.89. The van der Waals surface area contributed by atoms with E-state index in [1.807, 2.05) is 26.8 Å². The lowest BCUT2D eigenvalue weighted by Gasteiger charge is -2.20. The molecule has 17 heavy (non-hydrogen) atoms. The van der Waals surface area contributed by atoms with Crippen LogP contribution in [-0.4, -0.2) is 16.9 Å². The maximum atomic E-state index is 10.6. The van der Waals surface area contributed by atoms with Gasteiger partial charge in [-0.1, -0.05) is 12.1 Å². The molecule has 4 heteroatoms. The van der Waals surface area contributed by atoms with Crippen LogP contribution < -0.4 is 4.72 Å². The summed E-state index contributed by atoms with van der Waals surface area (Å²) in [7, 11) is 0. The third-order valence-corrected chi connectivity index (χ3v) is 3.12. The Morgan fingerprint density at radius 3 is 2.65 bits per heavy atom. The van der Waals surface area contributed by atoms with Gasteiger partial charge < -0.3 is 5.11 Å². The smallest absolute Gasteiger partial charge is 0.144 e. The number of carbonyl (C=O) groups excluding carboxylic acids is 1. The zero-order valence-corrected chi connectivity index (χ0v) is 11.0. The van der Waals surface area contributed by atoms with Gasteiger partial charge in [0, 0.05) is 10.4 Å². The van der Waals surface area contributed by atoms with E-state index >= 15 is 0 Å². The van der Waals surface area contributed by atoms with Gasteiger partial charge in [0.2, 0.25) is 0 Å². The summed E-state index contributed by atoms with van der Waals surface area (Å²) in [5.74, 6) is 0.190. The van der Waals surface area contributed by atoms with Gasteiger partial charge in [0.05, 0.1) is 0 Å². The first-order valence-electron chi connectivity index (χ1n) is 5.31. The fourth-order valence-corrected chi connectivity index (χ4v) is 1.90. The molecule has 0 fully saturated rings. The Morgan fingerprint density at radius 1 is 1.41 bits per heavy atom. The molecule has 0 amide bonds. The van der Waals surface area contributed by atoms with E-state index in [0.717, 1.165) is 16.8 Å². The van der Waals surface area contributed by atoms with Gasteiger partial charge in [0.15, 0.2) is 0 Å². The molecule has 0 saturated carbocycles. The van der Waals surface area contributed by atoms with Crippen molar-refractivity contribution >= 4 is 23.1 Å². The van der Waals surface area contributed by atoms with E-state index in [0.29, 0.717) is 0 Å². The van der Waals surface area contributed by atoms with Gasteiger partial charge in [-0.15, -0.1) is 0 Å². The number of hydrogen-bond donors (Lipinski definition) is 2. The summed E-state index contributed by atoms with van der Waals surface area (Å²) in [6.45, 7) is 6.13. The number of phenols is 1. The van der Waals surface area contributed by atoms with Crippen LogP contribution in [0.3, 0.4) is 0 Å². The first kappa shape index (κ1) is 13.8. The van der Waals surface area contributed by atoms with Crippen molar-refractivity contribution in [2.24, 2.45) is 0 Å². The average molecular weight is 251 g/mol. The van der Waals surface area contributed by atoms with Gasteiger partial charge in [-0.05, 0) is 56.5 Å². The molecule has 0 unspecified atom stereocenters. The van der Waals surface area contributed by atoms with E-state index in [9.17, 15) is 9.90 Å². The maximum absolute atomic E-state index is 10.6. The summed E-state index contributed by atoms with van der Waals surface area (Å²) < 4.78 is 3.23. The van der Waals surface area contributed by atoms with Crippen molar-refractivity contribution in [1.82, 2.24) is 4.72 Å². The van der Waals surface area contributed by atoms with Crippen molar-refractivity contribution in [3.63, 3.8) is 0 Å². The molecule has 0 spiro atoms. The van der Waals surface area contributed by atoms with Crippen molar-refractivity contribution in [2.75, 3.05) is 0 Å². The van der Waals surface area contributed by atoms with Crippen LogP contribution in [0, 0.1) is 0 Å². The Bertz CT molecular complexity index is 422. The normalized spacial score (nSPS) is 12.5. The Kier molecular flexibility index (Phi) is 4.78. The molecule has 0 aliphatic rings. The van der Waals surface area contributed by atoms with Crippen LogP contribution in [0.1, 0.15) is 26.3 Å². The van der Waals surface area contributed by atoms with E-state index in [4.69, 9.17) is 0 Å². The molecule has 0 aliphatic heterocycles. The number of rotatable bonds is 4. The monoisotopic (exact) mass is 251 g/mol. The van der Waals surface area contributed by atoms with Gasteiger partial charge in [-0.25, -0.2) is 0 Å². The minimum absolute atomic E-state index is 0.0521. The van der Waals surface area contributed by atoms with Gasteiger partial charge in [0.1, 0.15) is 12.0 Å². The molecule has 92 valence electrons. The van der Waals surface area contributed by atoms with Gasteiger partial charge in [-0.3, -0.25) is 9.52 Å². The largest absolute Gasteiger partial charge is 0.508 e. The minimum atomic E-state index is -0.0521. The highest BCUT2D eigenvalue weighted by Gasteiger charge is 2.11. The lowest BCUT2D eigenvalue weighted by molar-refractivity contribution is -0.104. The van der Waals surface area contributed by atoms with Crippen molar-refractivity contribution in [3.8, 4) is 5.75 Å². The van der Waals surface area contributed by atoms with Crippen LogP contribution in [0.15, 0.2) is 30.3 Å². The second-order valence-electron chi connectivity index (χ2n) is 4.67. The Morgan fingerprint density at radius 2 is 2.12 bits per heavy atom. The van der Waals surface area contributed by atoms with Crippen molar-refractivity contribution in [2.45, 2.75) is 26.3 Å². The number of hydrogen-bond acceptors (Lipinski definition) is 4. The average Bonchev–Trinajstić information content (AvgIpc) is 2.23. The molecule has 0 saturated heterocycles. The van der Waals surface area contributed by atoms with Crippen LogP contribution >= 0.6 is 11.9 Å². The first-order valence-corrected chi connectivity index (χ1v) is 6.13. The molecular weight excluding hydrogens is 234 g/mol. The molecule has 1 aromatic carbocycles. The van der Waals surface area contributed by atoms with E-state index in [-0.39, 0.29) is 11.3 Å². The summed E-state index contributed by atoms with van der Waals surface area (Å²) in [6, 6.07) is 6.84. The summed E-state index contributed by atoms with van der Waals surface area (Å²) in [6.07, 6.45) is 2.23. The topological polar surface area (TPSA) is 49.3 Å². The summed E-state index contributed by atoms with van der Waals surface area (Å²) in [5.41, 5.74) is 0.766. The fraction of sp³-hybridized carbons (Fsp3) is 0.308. The maximum Gasteiger partial charge on any atom is 0.144 e. The minimum Gasteiger partial charge on any atom is -0.508 e. The molecule has 1 aromatic rings. The summed E-state index contributed by atoms with van der Waals surface area (Å²) >= 11 is 1.38. The molecule has 2 N–H and O–H groups in total. The molecular formula is C13H17NO2S. The van der Waals surface area contributed by atoms with Crippen LogP contribution in [0.2, 0.25) is 0 Å². The quantitative estimate of drug-likeness (QED) is 0.491. The number of carbonyl (C=O) groups is 1. The lowest BCUT2D eigenvalue weighted by atomic mass is 10.1. The summed E-state index contributed by atoms with van der Waals surface area (Å²) in [5, 5.41) is 9.41. The fourth-order valence-electron chi connectivity index (χ4n) is 1.12. The molecule has 3 nitrogen and oxygen atoms in total. The van der Waals surface area contributed by atoms with Gasteiger partial charge >= 0.3 is 0 Å². The van der Waals surface area contributed by atoms with Crippen LogP contribution in [0.4, 0.5) is 0 Å². The summed E-state index contributed by atoms with van der Waals surface area (Å²) in [4.78, 5) is 11.4. The molecule has 0 bridgehead atoms. The van der Waals surface area contributed by atoms with E-state index < -0.39 is 0 Å². The van der Waals surface area contributed by atoms with Gasteiger partial charge in [0.25, 0.3) is 0 Å². The van der Waals surface area contributed by atoms with Crippen molar-refractivity contribution < 1.29 is 9.90 Å². The number of aldehydes is 1. The zero-order chi connectivity index (χ0) is 12.9. The van der Waals surface area contributed by atoms with Crippen molar-refractivity contribution in [1.29, 1.82) is 0 Å². The number of nitrogens with one attached hydrogen (secondary N) is 1. The van der Waals surface area contributed by atoms with E-state index in [1.54, 1.807) is 18.2 Å². The zero-order valence-electron chi connectivity index (χ0n) is 10.2. The van der Waals surface area contributed by atoms with E-state index in [1.165, 1.54) is 18.0 Å². The standard InChI is InChI=1S/C13H17NO2S/c1-13(2,3)14-17-12(7-8-15)10-5-4-6-11(16)9-10/h4-9,14,16H,1-3H3/b12-7-. The van der Waals surface area contributed by atoms with E-state index in [2.05, 4.69) is 4.72 Å². The lowest BCUT2D eigenvalue weighted by Crippen LogP contribution is -2.29. The number of allylic oxidation sites excluding steroid dienone is 1. The first-order chi connectivity index (χ1) is 7.92. The molecule has 0 aliphatic carbocycles. The number of benzene rings is 1. The van der Waals surface area contributed by atoms with Crippen LogP contribution in [-0.2, 0) is 4.79 Å². The SMILES string of the molecule is CC(C)(C)NS/C(=C\C=O)c1cccc(O)c1.